The summed E-state index contributed by atoms with van der Waals surface area (Å²) in [4.78, 5) is 5.26. The van der Waals surface area contributed by atoms with Gasteiger partial charge in [0.2, 0.25) is 0 Å². The number of aliphatic imine (C=N–C) groups is 1. The number of nitrogens with zero attached hydrogens (tertiary/aromatic N) is 1. The second kappa shape index (κ2) is 6.54. The molecule has 23 heavy (non-hydrogen) atoms. The average Bonchev–Trinajstić information content (AvgIpc) is 2.83. The lowest BCUT2D eigenvalue weighted by atomic mass is 9.85. The van der Waals surface area contributed by atoms with Crippen LogP contribution in [0.3, 0.4) is 0 Å². The van der Waals surface area contributed by atoms with E-state index in [0.29, 0.717) is 6.04 Å². The molecule has 2 N–H and O–H groups in total. The standard InChI is InChI=1S/C20H29N3/c1-2-9-15-20(14-8-1)19(21-16-10-4-3-5-11-16)22-17-12-6-7-13-18(17)23-20/h6-7,12-13,16,23H,1-5,8-11,14-15H2,(H,21,22). The van der Waals surface area contributed by atoms with Gasteiger partial charge in [-0.2, -0.15) is 0 Å². The van der Waals surface area contributed by atoms with Gasteiger partial charge < -0.3 is 10.6 Å². The highest BCUT2D eigenvalue weighted by Crippen LogP contribution is 2.39. The number of fused-ring (bicyclic) bond motifs is 1. The molecule has 0 unspecified atom stereocenters. The molecule has 0 amide bonds. The van der Waals surface area contributed by atoms with Crippen LogP contribution < -0.4 is 10.6 Å². The molecule has 4 rings (SSSR count). The van der Waals surface area contributed by atoms with Crippen LogP contribution in [-0.4, -0.2) is 17.4 Å². The first-order valence-electron chi connectivity index (χ1n) is 9.58. The Hall–Kier alpha value is -1.51. The molecule has 2 saturated carbocycles. The monoisotopic (exact) mass is 311 g/mol. The van der Waals surface area contributed by atoms with Crippen LogP contribution in [0.4, 0.5) is 11.4 Å². The Balaban J connectivity index is 1.68. The van der Waals surface area contributed by atoms with Crippen molar-refractivity contribution in [1.29, 1.82) is 0 Å². The first kappa shape index (κ1) is 15.0. The second-order valence-electron chi connectivity index (χ2n) is 7.56. The molecule has 0 radical (unpaired) electrons. The fraction of sp³-hybridized carbons (Fsp3) is 0.650. The van der Waals surface area contributed by atoms with Crippen LogP contribution in [-0.2, 0) is 0 Å². The van der Waals surface area contributed by atoms with Crippen molar-refractivity contribution in [1.82, 2.24) is 0 Å². The molecule has 0 saturated heterocycles. The van der Waals surface area contributed by atoms with Crippen molar-refractivity contribution in [3.8, 4) is 0 Å². The van der Waals surface area contributed by atoms with E-state index >= 15 is 0 Å². The Bertz CT molecular complexity index is 564. The van der Waals surface area contributed by atoms with Gasteiger partial charge >= 0.3 is 0 Å². The predicted octanol–water partition coefficient (Wildman–Crippen LogP) is 5.35. The van der Waals surface area contributed by atoms with Crippen LogP contribution in [0.5, 0.6) is 0 Å². The first-order chi connectivity index (χ1) is 11.4. The molecule has 124 valence electrons. The third kappa shape index (κ3) is 3.11. The molecule has 1 aromatic rings. The number of para-hydroxylation sites is 2. The minimum Gasteiger partial charge on any atom is -0.371 e. The number of rotatable bonds is 1. The van der Waals surface area contributed by atoms with Crippen molar-refractivity contribution in [3.63, 3.8) is 0 Å². The van der Waals surface area contributed by atoms with E-state index in [1.165, 1.54) is 87.8 Å². The van der Waals surface area contributed by atoms with Gasteiger partial charge in [0.05, 0.1) is 23.0 Å². The molecule has 1 spiro atoms. The van der Waals surface area contributed by atoms with Gasteiger partial charge in [-0.3, -0.25) is 4.99 Å². The Labute approximate surface area is 140 Å². The van der Waals surface area contributed by atoms with Gasteiger partial charge in [-0.1, -0.05) is 57.1 Å². The molecular weight excluding hydrogens is 282 g/mol. The Morgan fingerprint density at radius 1 is 0.826 bits per heavy atom. The molecular formula is C20H29N3. The minimum absolute atomic E-state index is 0.0439. The third-order valence-corrected chi connectivity index (χ3v) is 5.85. The average molecular weight is 311 g/mol. The number of benzene rings is 1. The van der Waals surface area contributed by atoms with E-state index in [4.69, 9.17) is 4.99 Å². The lowest BCUT2D eigenvalue weighted by Crippen LogP contribution is -2.52. The Kier molecular flexibility index (Phi) is 4.28. The van der Waals surface area contributed by atoms with Gasteiger partial charge in [-0.15, -0.1) is 0 Å². The summed E-state index contributed by atoms with van der Waals surface area (Å²) in [6.45, 7) is 0. The highest BCUT2D eigenvalue weighted by atomic mass is 15.2. The van der Waals surface area contributed by atoms with Crippen LogP contribution in [0.2, 0.25) is 0 Å². The van der Waals surface area contributed by atoms with Gasteiger partial charge in [0.15, 0.2) is 0 Å². The number of nitrogens with one attached hydrogen (secondary N) is 2. The topological polar surface area (TPSA) is 36.4 Å². The van der Waals surface area contributed by atoms with E-state index in [-0.39, 0.29) is 5.54 Å². The van der Waals surface area contributed by atoms with Crippen LogP contribution >= 0.6 is 0 Å². The maximum atomic E-state index is 5.26. The molecule has 1 aliphatic heterocycles. The van der Waals surface area contributed by atoms with E-state index < -0.39 is 0 Å². The molecule has 3 aliphatic rings. The smallest absolute Gasteiger partial charge is 0.127 e. The maximum absolute atomic E-state index is 5.26. The molecule has 3 nitrogen and oxygen atoms in total. The SMILES string of the molecule is c1ccc2c(c1)NC(=NC1CCCCC1)C1(CCCCCC1)N2. The third-order valence-electron chi connectivity index (χ3n) is 5.85. The van der Waals surface area contributed by atoms with Crippen LogP contribution in [0.25, 0.3) is 0 Å². The zero-order chi connectivity index (χ0) is 15.5. The molecule has 0 aromatic heterocycles. The van der Waals surface area contributed by atoms with E-state index in [1.807, 2.05) is 0 Å². The fourth-order valence-corrected chi connectivity index (χ4v) is 4.51. The molecule has 3 heteroatoms. The molecule has 1 aromatic carbocycles. The van der Waals surface area contributed by atoms with E-state index in [0.717, 1.165) is 0 Å². The zero-order valence-electron chi connectivity index (χ0n) is 14.1. The summed E-state index contributed by atoms with van der Waals surface area (Å²) in [5, 5.41) is 7.62. The van der Waals surface area contributed by atoms with E-state index in [9.17, 15) is 0 Å². The summed E-state index contributed by atoms with van der Waals surface area (Å²) in [6.07, 6.45) is 14.4. The molecule has 0 atom stereocenters. The number of anilines is 2. The Morgan fingerprint density at radius 3 is 2.22 bits per heavy atom. The summed E-state index contributed by atoms with van der Waals surface area (Å²) >= 11 is 0. The summed E-state index contributed by atoms with van der Waals surface area (Å²) in [7, 11) is 0. The van der Waals surface area contributed by atoms with Crippen LogP contribution in [0.15, 0.2) is 29.3 Å². The van der Waals surface area contributed by atoms with Crippen LogP contribution in [0, 0.1) is 0 Å². The second-order valence-corrected chi connectivity index (χ2v) is 7.56. The summed E-state index contributed by atoms with van der Waals surface area (Å²) in [6, 6.07) is 9.13. The summed E-state index contributed by atoms with van der Waals surface area (Å²) in [5.41, 5.74) is 2.48. The van der Waals surface area contributed by atoms with Crippen molar-refractivity contribution in [2.45, 2.75) is 82.2 Å². The number of hydrogen-bond donors (Lipinski definition) is 2. The number of hydrogen-bond acceptors (Lipinski definition) is 2. The molecule has 2 aliphatic carbocycles. The normalized spacial score (nSPS) is 26.2. The van der Waals surface area contributed by atoms with Gasteiger partial charge in [0.1, 0.15) is 5.84 Å². The van der Waals surface area contributed by atoms with Crippen LogP contribution in [0.1, 0.15) is 70.6 Å². The molecule has 2 fully saturated rings. The lowest BCUT2D eigenvalue weighted by molar-refractivity contribution is 0.437. The van der Waals surface area contributed by atoms with Crippen molar-refractivity contribution in [2.24, 2.45) is 4.99 Å². The van der Waals surface area contributed by atoms with Gasteiger partial charge in [0, 0.05) is 0 Å². The van der Waals surface area contributed by atoms with Crippen molar-refractivity contribution in [3.05, 3.63) is 24.3 Å². The predicted molar refractivity (Wildman–Crippen MR) is 98.4 cm³/mol. The summed E-state index contributed by atoms with van der Waals surface area (Å²) in [5.74, 6) is 1.23. The van der Waals surface area contributed by atoms with E-state index in [2.05, 4.69) is 34.9 Å². The van der Waals surface area contributed by atoms with Gasteiger partial charge in [-0.25, -0.2) is 0 Å². The van der Waals surface area contributed by atoms with E-state index in [1.54, 1.807) is 0 Å². The first-order valence-corrected chi connectivity index (χ1v) is 9.58. The Morgan fingerprint density at radius 2 is 1.48 bits per heavy atom. The highest BCUT2D eigenvalue weighted by Gasteiger charge is 2.40. The van der Waals surface area contributed by atoms with Crippen molar-refractivity contribution >= 4 is 17.2 Å². The molecule has 1 heterocycles. The fourth-order valence-electron chi connectivity index (χ4n) is 4.51. The number of amidine groups is 1. The largest absolute Gasteiger partial charge is 0.371 e. The highest BCUT2D eigenvalue weighted by molar-refractivity contribution is 6.09. The quantitative estimate of drug-likeness (QED) is 0.733. The van der Waals surface area contributed by atoms with Crippen molar-refractivity contribution < 1.29 is 0 Å². The van der Waals surface area contributed by atoms with Crippen molar-refractivity contribution in [2.75, 3.05) is 10.6 Å². The lowest BCUT2D eigenvalue weighted by Gasteiger charge is -2.42. The van der Waals surface area contributed by atoms with Gasteiger partial charge in [0.25, 0.3) is 0 Å². The maximum Gasteiger partial charge on any atom is 0.127 e. The summed E-state index contributed by atoms with van der Waals surface area (Å²) < 4.78 is 0. The van der Waals surface area contributed by atoms with Gasteiger partial charge in [-0.05, 0) is 37.8 Å². The minimum atomic E-state index is 0.0439. The zero-order valence-corrected chi connectivity index (χ0v) is 14.1. The molecule has 0 bridgehead atoms.